The van der Waals surface area contributed by atoms with E-state index in [1.54, 1.807) is 0 Å². The molecule has 12 nitrogen and oxygen atoms in total. The zero-order chi connectivity index (χ0) is 15.5. The van der Waals surface area contributed by atoms with E-state index in [0.717, 1.165) is 18.6 Å². The average molecular weight is 305 g/mol. The first-order valence-corrected chi connectivity index (χ1v) is 5.78. The Balaban J connectivity index is 1.74. The lowest BCUT2D eigenvalue weighted by atomic mass is 10.2. The minimum absolute atomic E-state index is 0.0943. The second kappa shape index (κ2) is 5.47. The Morgan fingerprint density at radius 1 is 0.682 bits per heavy atom. The summed E-state index contributed by atoms with van der Waals surface area (Å²) in [6.07, 6.45) is 3.31. The molecule has 0 amide bonds. The highest BCUT2D eigenvalue weighted by Crippen LogP contribution is 2.14. The molecule has 114 valence electrons. The number of rotatable bonds is 6. The molecule has 0 fully saturated rings. The summed E-state index contributed by atoms with van der Waals surface area (Å²) in [6.45, 7) is 0. The van der Waals surface area contributed by atoms with Crippen molar-refractivity contribution in [1.29, 1.82) is 0 Å². The average Bonchev–Trinajstić information content (AvgIpc) is 3.14. The van der Waals surface area contributed by atoms with Crippen molar-refractivity contribution in [2.75, 3.05) is 0 Å². The maximum atomic E-state index is 10.9. The van der Waals surface area contributed by atoms with Crippen LogP contribution < -0.4 is 14.0 Å². The molecule has 0 bridgehead atoms. The lowest BCUT2D eigenvalue weighted by molar-refractivity contribution is 0.290. The molecule has 3 rings (SSSR count). The highest BCUT2D eigenvalue weighted by molar-refractivity contribution is 6.39. The van der Waals surface area contributed by atoms with Crippen LogP contribution in [0.2, 0.25) is 0 Å². The molecule has 0 spiro atoms. The predicted octanol–water partition coefficient (Wildman–Crippen LogP) is -0.165. The predicted molar refractivity (Wildman–Crippen MR) is 70.6 cm³/mol. The van der Waals surface area contributed by atoms with Crippen LogP contribution in [-0.2, 0) is 0 Å². The monoisotopic (exact) mass is 305 g/mol. The molecule has 0 aliphatic rings. The molecule has 0 aliphatic heterocycles. The molecular weight excluding hydrogens is 299 g/mol. The van der Waals surface area contributed by atoms with Crippen molar-refractivity contribution >= 4 is 7.32 Å². The fraction of sp³-hybridized carbons (Fsp3) is 0. The third-order valence-electron chi connectivity index (χ3n) is 2.28. The standard InChI is InChI=1S/C9H6BN6O6/c17-14-4-1-7(11-14)20-10(21-8-2-5-15(18)12-8)22-9-3-6-16(19)13-9/h1-6H/q-3. The number of aromatic nitrogens is 6. The van der Waals surface area contributed by atoms with Crippen LogP contribution in [0.5, 0.6) is 17.6 Å². The van der Waals surface area contributed by atoms with E-state index < -0.39 is 7.32 Å². The van der Waals surface area contributed by atoms with Crippen molar-refractivity contribution in [2.24, 2.45) is 0 Å². The maximum Gasteiger partial charge on any atom is 0.867 e. The topological polar surface area (TPSA) is 150 Å². The lowest BCUT2D eigenvalue weighted by Gasteiger charge is -2.12. The Labute approximate surface area is 122 Å². The number of hydrogen-bond donors (Lipinski definition) is 0. The molecule has 3 heterocycles. The largest absolute Gasteiger partial charge is 0.867 e. The van der Waals surface area contributed by atoms with E-state index in [0.29, 0.717) is 0 Å². The van der Waals surface area contributed by atoms with Gasteiger partial charge in [0.15, 0.2) is 0 Å². The summed E-state index contributed by atoms with van der Waals surface area (Å²) in [6, 6.07) is 3.81. The van der Waals surface area contributed by atoms with E-state index in [-0.39, 0.29) is 32.2 Å². The van der Waals surface area contributed by atoms with E-state index in [9.17, 15) is 15.6 Å². The zero-order valence-electron chi connectivity index (χ0n) is 10.7. The van der Waals surface area contributed by atoms with Gasteiger partial charge in [-0.25, -0.2) is 0 Å². The molecule has 0 saturated carbocycles. The summed E-state index contributed by atoms with van der Waals surface area (Å²) in [5.41, 5.74) is 0. The fourth-order valence-corrected chi connectivity index (χ4v) is 1.43. The van der Waals surface area contributed by atoms with Crippen LogP contribution in [0.1, 0.15) is 0 Å². The Hall–Kier alpha value is -3.51. The first-order chi connectivity index (χ1) is 10.6. The van der Waals surface area contributed by atoms with Gasteiger partial charge in [0.25, 0.3) is 0 Å². The Morgan fingerprint density at radius 3 is 1.23 bits per heavy atom. The normalized spacial score (nSPS) is 10.4. The molecule has 3 aromatic heterocycles. The van der Waals surface area contributed by atoms with Gasteiger partial charge in [-0.15, -0.1) is 15.3 Å². The minimum Gasteiger partial charge on any atom is -0.790 e. The van der Waals surface area contributed by atoms with Gasteiger partial charge < -0.3 is 29.6 Å². The molecule has 22 heavy (non-hydrogen) atoms. The van der Waals surface area contributed by atoms with Crippen LogP contribution in [0.25, 0.3) is 0 Å². The van der Waals surface area contributed by atoms with Gasteiger partial charge in [0.1, 0.15) is 0 Å². The Bertz CT molecular complexity index is 655. The summed E-state index contributed by atoms with van der Waals surface area (Å²) in [5, 5.41) is 43.1. The zero-order valence-corrected chi connectivity index (χ0v) is 10.7. The van der Waals surface area contributed by atoms with Gasteiger partial charge in [0.05, 0.1) is 0 Å². The molecule has 0 saturated heterocycles. The molecule has 0 radical (unpaired) electrons. The molecule has 0 aliphatic carbocycles. The molecule has 0 aromatic carbocycles. The van der Waals surface area contributed by atoms with Crippen LogP contribution in [0.4, 0.5) is 0 Å². The quantitative estimate of drug-likeness (QED) is 0.565. The highest BCUT2D eigenvalue weighted by Gasteiger charge is 2.32. The van der Waals surface area contributed by atoms with Crippen LogP contribution in [0.15, 0.2) is 36.8 Å². The van der Waals surface area contributed by atoms with E-state index in [2.05, 4.69) is 15.3 Å². The van der Waals surface area contributed by atoms with E-state index in [1.807, 2.05) is 0 Å². The lowest BCUT2D eigenvalue weighted by Crippen LogP contribution is -2.37. The van der Waals surface area contributed by atoms with Gasteiger partial charge in [0, 0.05) is 36.8 Å². The first kappa shape index (κ1) is 13.5. The van der Waals surface area contributed by atoms with Gasteiger partial charge in [-0.05, 0) is 0 Å². The molecule has 0 unspecified atom stereocenters. The Kier molecular flexibility index (Phi) is 3.35. The fourth-order valence-electron chi connectivity index (χ4n) is 1.43. The van der Waals surface area contributed by atoms with Crippen molar-refractivity contribution in [3.8, 4) is 17.6 Å². The molecule has 3 aromatic rings. The maximum absolute atomic E-state index is 10.9. The highest BCUT2D eigenvalue weighted by atomic mass is 16.7. The smallest absolute Gasteiger partial charge is 0.790 e. The second-order valence-electron chi connectivity index (χ2n) is 3.81. The van der Waals surface area contributed by atoms with E-state index >= 15 is 0 Å². The summed E-state index contributed by atoms with van der Waals surface area (Å²) < 4.78 is 15.5. The first-order valence-electron chi connectivity index (χ1n) is 5.78. The molecular formula is C9H6BN6O6-3. The molecule has 0 N–H and O–H groups in total. The Morgan fingerprint density at radius 2 is 1.00 bits per heavy atom. The third kappa shape index (κ3) is 3.14. The van der Waals surface area contributed by atoms with Gasteiger partial charge in [-0.1, -0.05) is 0 Å². The summed E-state index contributed by atoms with van der Waals surface area (Å²) in [4.78, 5) is 0.807. The number of nitrogens with zero attached hydrogens (tertiary/aromatic N) is 6. The molecule has 13 heteroatoms. The summed E-state index contributed by atoms with van der Waals surface area (Å²) >= 11 is 0. The van der Waals surface area contributed by atoms with Crippen LogP contribution in [-0.4, -0.2) is 37.2 Å². The second-order valence-corrected chi connectivity index (χ2v) is 3.81. The van der Waals surface area contributed by atoms with E-state index in [1.165, 1.54) is 18.2 Å². The van der Waals surface area contributed by atoms with Gasteiger partial charge in [-0.3, -0.25) is 14.5 Å². The van der Waals surface area contributed by atoms with E-state index in [4.69, 9.17) is 14.0 Å². The van der Waals surface area contributed by atoms with Crippen molar-refractivity contribution in [3.05, 3.63) is 52.4 Å². The van der Waals surface area contributed by atoms with Crippen molar-refractivity contribution in [2.45, 2.75) is 0 Å². The van der Waals surface area contributed by atoms with Crippen LogP contribution in [0.3, 0.4) is 0 Å². The summed E-state index contributed by atoms with van der Waals surface area (Å²) in [7, 11) is -1.47. The SMILES string of the molecule is [O-]n1ccc(OB(Oc2ccn([O-])n2)Oc2ccn([O-])n2)n1. The van der Waals surface area contributed by atoms with Gasteiger partial charge in [-0.2, -0.15) is 0 Å². The van der Waals surface area contributed by atoms with Gasteiger partial charge in [0.2, 0.25) is 17.6 Å². The van der Waals surface area contributed by atoms with Crippen molar-refractivity contribution in [3.63, 3.8) is 0 Å². The minimum atomic E-state index is -1.47. The van der Waals surface area contributed by atoms with Crippen molar-refractivity contribution in [1.82, 2.24) is 29.8 Å². The van der Waals surface area contributed by atoms with Gasteiger partial charge >= 0.3 is 7.32 Å². The summed E-state index contributed by atoms with van der Waals surface area (Å²) in [5.74, 6) is -0.283. The van der Waals surface area contributed by atoms with Crippen molar-refractivity contribution < 1.29 is 14.0 Å². The third-order valence-corrected chi connectivity index (χ3v) is 2.28. The number of hydrogen-bond acceptors (Lipinski definition) is 9. The molecule has 0 atom stereocenters. The van der Waals surface area contributed by atoms with Crippen LogP contribution >= 0.6 is 0 Å². The van der Waals surface area contributed by atoms with Crippen LogP contribution in [0, 0.1) is 15.6 Å².